The third kappa shape index (κ3) is 3.57. The summed E-state index contributed by atoms with van der Waals surface area (Å²) >= 11 is 1.36. The molecule has 0 aliphatic heterocycles. The molecule has 0 atom stereocenters. The van der Waals surface area contributed by atoms with Crippen LogP contribution in [0, 0.1) is 5.92 Å². The molecule has 0 bridgehead atoms. The van der Waals surface area contributed by atoms with Gasteiger partial charge in [0, 0.05) is 7.05 Å². The number of rotatable bonds is 5. The van der Waals surface area contributed by atoms with E-state index in [1.807, 2.05) is 6.07 Å². The number of anilines is 1. The number of hydrogen-bond donors (Lipinski definition) is 1. The molecule has 7 nitrogen and oxygen atoms in total. The van der Waals surface area contributed by atoms with Crippen LogP contribution in [0.1, 0.15) is 13.8 Å². The van der Waals surface area contributed by atoms with Crippen molar-refractivity contribution in [2.75, 3.05) is 12.3 Å². The van der Waals surface area contributed by atoms with Crippen LogP contribution in [0.15, 0.2) is 22.3 Å². The Balaban J connectivity index is 2.14. The van der Waals surface area contributed by atoms with Gasteiger partial charge >= 0.3 is 0 Å². The van der Waals surface area contributed by atoms with Gasteiger partial charge in [0.15, 0.2) is 0 Å². The van der Waals surface area contributed by atoms with Crippen molar-refractivity contribution in [3.63, 3.8) is 0 Å². The van der Waals surface area contributed by atoms with E-state index in [2.05, 4.69) is 34.4 Å². The summed E-state index contributed by atoms with van der Waals surface area (Å²) in [5.41, 5.74) is 6.37. The van der Waals surface area contributed by atoms with Gasteiger partial charge in [-0.1, -0.05) is 13.8 Å². The Morgan fingerprint density at radius 1 is 1.42 bits per heavy atom. The molecule has 0 radical (unpaired) electrons. The monoisotopic (exact) mass is 280 g/mol. The van der Waals surface area contributed by atoms with Crippen LogP contribution in [0.3, 0.4) is 0 Å². The van der Waals surface area contributed by atoms with Crippen molar-refractivity contribution in [3.05, 3.63) is 12.1 Å². The summed E-state index contributed by atoms with van der Waals surface area (Å²) in [6.45, 7) is 4.72. The first kappa shape index (κ1) is 13.6. The molecule has 0 unspecified atom stereocenters. The highest BCUT2D eigenvalue weighted by Crippen LogP contribution is 2.28. The van der Waals surface area contributed by atoms with E-state index in [0.717, 1.165) is 5.03 Å². The smallest absolute Gasteiger partial charge is 0.238 e. The predicted octanol–water partition coefficient (Wildman–Crippen LogP) is 1.37. The zero-order chi connectivity index (χ0) is 13.8. The van der Waals surface area contributed by atoms with Gasteiger partial charge in [-0.3, -0.25) is 0 Å². The van der Waals surface area contributed by atoms with E-state index in [1.54, 1.807) is 17.8 Å². The van der Waals surface area contributed by atoms with Crippen molar-refractivity contribution in [1.29, 1.82) is 0 Å². The van der Waals surface area contributed by atoms with E-state index in [0.29, 0.717) is 29.2 Å². The second-order valence-electron chi connectivity index (χ2n) is 4.44. The van der Waals surface area contributed by atoms with E-state index in [1.165, 1.54) is 11.8 Å². The van der Waals surface area contributed by atoms with Crippen LogP contribution in [0.2, 0.25) is 0 Å². The molecule has 0 saturated carbocycles. The van der Waals surface area contributed by atoms with E-state index in [9.17, 15) is 0 Å². The normalized spacial score (nSPS) is 10.9. The lowest BCUT2D eigenvalue weighted by molar-refractivity contribution is 0.261. The van der Waals surface area contributed by atoms with Crippen LogP contribution in [0.25, 0.3) is 0 Å². The number of pyridine rings is 1. The summed E-state index contributed by atoms with van der Waals surface area (Å²) in [6, 6.07) is 3.59. The Kier molecular flexibility index (Phi) is 4.20. The maximum atomic E-state index is 5.84. The van der Waals surface area contributed by atoms with Gasteiger partial charge in [0.25, 0.3) is 0 Å². The molecule has 19 heavy (non-hydrogen) atoms. The van der Waals surface area contributed by atoms with Gasteiger partial charge in [-0.25, -0.2) is 9.67 Å². The van der Waals surface area contributed by atoms with Crippen molar-refractivity contribution in [2.45, 2.75) is 24.0 Å². The molecule has 102 valence electrons. The van der Waals surface area contributed by atoms with Crippen LogP contribution in [-0.2, 0) is 7.05 Å². The largest absolute Gasteiger partial charge is 0.476 e. The molecule has 2 rings (SSSR count). The SMILES string of the molecule is CC(C)COc1nc(Sc2nnnn2C)ccc1N. The molecule has 0 aliphatic rings. The van der Waals surface area contributed by atoms with E-state index < -0.39 is 0 Å². The van der Waals surface area contributed by atoms with E-state index >= 15 is 0 Å². The van der Waals surface area contributed by atoms with E-state index in [-0.39, 0.29) is 0 Å². The molecule has 8 heteroatoms. The fraction of sp³-hybridized carbons (Fsp3) is 0.455. The first-order valence-corrected chi connectivity index (χ1v) is 6.67. The number of nitrogens with zero attached hydrogens (tertiary/aromatic N) is 5. The fourth-order valence-corrected chi connectivity index (χ4v) is 1.95. The third-order valence-electron chi connectivity index (χ3n) is 2.19. The number of tetrazole rings is 1. The topological polar surface area (TPSA) is 91.7 Å². The molecular weight excluding hydrogens is 264 g/mol. The first-order chi connectivity index (χ1) is 9.06. The standard InChI is InChI=1S/C11H16N6OS/c1-7(2)6-18-10-8(12)4-5-9(13-10)19-11-14-15-16-17(11)3/h4-5,7H,6,12H2,1-3H3. The lowest BCUT2D eigenvalue weighted by atomic mass is 10.2. The van der Waals surface area contributed by atoms with E-state index in [4.69, 9.17) is 10.5 Å². The molecule has 2 N–H and O–H groups in total. The van der Waals surface area contributed by atoms with Crippen molar-refractivity contribution in [3.8, 4) is 5.88 Å². The number of hydrogen-bond acceptors (Lipinski definition) is 7. The molecule has 2 heterocycles. The van der Waals surface area contributed by atoms with Crippen molar-refractivity contribution >= 4 is 17.4 Å². The molecule has 0 aromatic carbocycles. The lowest BCUT2D eigenvalue weighted by Crippen LogP contribution is -2.07. The van der Waals surface area contributed by atoms with Gasteiger partial charge in [-0.15, -0.1) is 5.10 Å². The summed E-state index contributed by atoms with van der Waals surface area (Å²) in [7, 11) is 1.77. The lowest BCUT2D eigenvalue weighted by Gasteiger charge is -2.10. The summed E-state index contributed by atoms with van der Waals surface area (Å²) in [5.74, 6) is 0.870. The van der Waals surface area contributed by atoms with Crippen molar-refractivity contribution in [2.24, 2.45) is 13.0 Å². The van der Waals surface area contributed by atoms with Gasteiger partial charge in [0.1, 0.15) is 5.03 Å². The van der Waals surface area contributed by atoms with Crippen LogP contribution in [0.5, 0.6) is 5.88 Å². The van der Waals surface area contributed by atoms with Crippen LogP contribution >= 0.6 is 11.8 Å². The minimum absolute atomic E-state index is 0.417. The highest BCUT2D eigenvalue weighted by Gasteiger charge is 2.10. The number of aromatic nitrogens is 5. The molecule has 2 aromatic heterocycles. The minimum atomic E-state index is 0.417. The highest BCUT2D eigenvalue weighted by molar-refractivity contribution is 7.99. The molecule has 2 aromatic rings. The maximum Gasteiger partial charge on any atom is 0.238 e. The quantitative estimate of drug-likeness (QED) is 0.884. The Bertz CT molecular complexity index is 556. The van der Waals surface area contributed by atoms with Gasteiger partial charge in [-0.05, 0) is 40.2 Å². The second kappa shape index (κ2) is 5.87. The highest BCUT2D eigenvalue weighted by atomic mass is 32.2. The van der Waals surface area contributed by atoms with Crippen molar-refractivity contribution in [1.82, 2.24) is 25.2 Å². The molecular formula is C11H16N6OS. The Labute approximate surface area is 115 Å². The minimum Gasteiger partial charge on any atom is -0.476 e. The molecule has 0 aliphatic carbocycles. The van der Waals surface area contributed by atoms with Gasteiger partial charge in [-0.2, -0.15) is 0 Å². The van der Waals surface area contributed by atoms with Gasteiger partial charge < -0.3 is 10.5 Å². The Morgan fingerprint density at radius 3 is 2.84 bits per heavy atom. The summed E-state index contributed by atoms with van der Waals surface area (Å²) in [5, 5.41) is 12.6. The molecule has 0 saturated heterocycles. The Hall–Kier alpha value is -1.83. The zero-order valence-corrected chi connectivity index (χ0v) is 11.9. The number of aryl methyl sites for hydroxylation is 1. The van der Waals surface area contributed by atoms with Crippen LogP contribution in [0.4, 0.5) is 5.69 Å². The molecule has 0 amide bonds. The summed E-state index contributed by atoms with van der Waals surface area (Å²) in [6.07, 6.45) is 0. The number of nitrogen functional groups attached to an aromatic ring is 1. The number of nitrogens with two attached hydrogens (primary N) is 1. The number of ether oxygens (including phenoxy) is 1. The summed E-state index contributed by atoms with van der Waals surface area (Å²) < 4.78 is 7.16. The van der Waals surface area contributed by atoms with Crippen molar-refractivity contribution < 1.29 is 4.74 Å². The predicted molar refractivity (Wildman–Crippen MR) is 71.9 cm³/mol. The zero-order valence-electron chi connectivity index (χ0n) is 11.1. The summed E-state index contributed by atoms with van der Waals surface area (Å²) in [4.78, 5) is 4.37. The third-order valence-corrected chi connectivity index (χ3v) is 3.16. The fourth-order valence-electron chi connectivity index (χ4n) is 1.25. The average Bonchev–Trinajstić information content (AvgIpc) is 2.75. The average molecular weight is 280 g/mol. The molecule has 0 spiro atoms. The maximum absolute atomic E-state index is 5.84. The van der Waals surface area contributed by atoms with Gasteiger partial charge in [0.05, 0.1) is 12.3 Å². The van der Waals surface area contributed by atoms with Gasteiger partial charge in [0.2, 0.25) is 11.0 Å². The van der Waals surface area contributed by atoms with Crippen LogP contribution < -0.4 is 10.5 Å². The Morgan fingerprint density at radius 2 is 2.21 bits per heavy atom. The molecule has 0 fully saturated rings. The second-order valence-corrected chi connectivity index (χ2v) is 5.42. The van der Waals surface area contributed by atoms with Crippen LogP contribution in [-0.4, -0.2) is 31.8 Å². The first-order valence-electron chi connectivity index (χ1n) is 5.85.